The van der Waals surface area contributed by atoms with Gasteiger partial charge >= 0.3 is 0 Å². The first-order chi connectivity index (χ1) is 27.2. The van der Waals surface area contributed by atoms with E-state index in [1.165, 1.54) is 10.8 Å². The summed E-state index contributed by atoms with van der Waals surface area (Å²) < 4.78 is 6.94. The first kappa shape index (κ1) is 30.7. The van der Waals surface area contributed by atoms with E-state index >= 15 is 0 Å². The number of aromatic nitrogens is 3. The fourth-order valence-electron chi connectivity index (χ4n) is 8.94. The Morgan fingerprint density at radius 2 is 0.800 bits per heavy atom. The molecule has 3 heterocycles. The molecule has 0 radical (unpaired) electrons. The van der Waals surface area contributed by atoms with Gasteiger partial charge in [0.1, 0.15) is 0 Å². The largest absolute Gasteiger partial charge is 0.309 e. The SMILES string of the molecule is N#Cc1cccc(-n2c3ccccc3c3c(-n4c5ccccc5c5ccccc54)cccc32)c1-c1cccc(-n2c3ccccc3c3c(C#N)cccc32)c1. The second-order valence-electron chi connectivity index (χ2n) is 13.9. The molecule has 0 unspecified atom stereocenters. The molecule has 0 aliphatic rings. The van der Waals surface area contributed by atoms with Gasteiger partial charge in [0, 0.05) is 43.6 Å². The molecule has 0 saturated heterocycles. The summed E-state index contributed by atoms with van der Waals surface area (Å²) in [6, 6.07) is 65.9. The number of rotatable bonds is 4. The summed E-state index contributed by atoms with van der Waals surface area (Å²) >= 11 is 0. The predicted octanol–water partition coefficient (Wildman–Crippen LogP) is 12.4. The molecule has 0 atom stereocenters. The first-order valence-corrected chi connectivity index (χ1v) is 18.3. The summed E-state index contributed by atoms with van der Waals surface area (Å²) in [5, 5.41) is 27.4. The normalized spacial score (nSPS) is 11.6. The Morgan fingerprint density at radius 1 is 0.345 bits per heavy atom. The van der Waals surface area contributed by atoms with Crippen molar-refractivity contribution in [2.24, 2.45) is 0 Å². The van der Waals surface area contributed by atoms with E-state index in [9.17, 15) is 10.5 Å². The third-order valence-corrected chi connectivity index (χ3v) is 11.1. The molecule has 5 nitrogen and oxygen atoms in total. The van der Waals surface area contributed by atoms with Gasteiger partial charge in [0.05, 0.1) is 67.7 Å². The molecule has 0 amide bonds. The van der Waals surface area contributed by atoms with E-state index in [1.54, 1.807) is 0 Å². The molecule has 8 aromatic carbocycles. The fraction of sp³-hybridized carbons (Fsp3) is 0. The van der Waals surface area contributed by atoms with Gasteiger partial charge in [-0.1, -0.05) is 103 Å². The van der Waals surface area contributed by atoms with Crippen LogP contribution in [-0.4, -0.2) is 13.7 Å². The second-order valence-corrected chi connectivity index (χ2v) is 13.9. The molecule has 5 heteroatoms. The number of para-hydroxylation sites is 4. The molecule has 11 aromatic rings. The van der Waals surface area contributed by atoms with Gasteiger partial charge < -0.3 is 13.7 Å². The minimum Gasteiger partial charge on any atom is -0.309 e. The van der Waals surface area contributed by atoms with Gasteiger partial charge in [0.2, 0.25) is 0 Å². The quantitative estimate of drug-likeness (QED) is 0.184. The molecule has 254 valence electrons. The highest BCUT2D eigenvalue weighted by Crippen LogP contribution is 2.43. The van der Waals surface area contributed by atoms with Crippen molar-refractivity contribution in [1.82, 2.24) is 13.7 Å². The van der Waals surface area contributed by atoms with E-state index in [1.807, 2.05) is 36.4 Å². The summed E-state index contributed by atoms with van der Waals surface area (Å²) in [5.41, 5.74) is 12.4. The van der Waals surface area contributed by atoms with Crippen LogP contribution < -0.4 is 0 Å². The van der Waals surface area contributed by atoms with E-state index in [0.717, 1.165) is 82.8 Å². The van der Waals surface area contributed by atoms with Crippen LogP contribution >= 0.6 is 0 Å². The zero-order chi connectivity index (χ0) is 36.6. The van der Waals surface area contributed by atoms with Gasteiger partial charge in [0.25, 0.3) is 0 Å². The molecule has 0 aliphatic heterocycles. The van der Waals surface area contributed by atoms with Gasteiger partial charge in [0.15, 0.2) is 0 Å². The highest BCUT2D eigenvalue weighted by Gasteiger charge is 2.23. The van der Waals surface area contributed by atoms with E-state index in [0.29, 0.717) is 11.1 Å². The lowest BCUT2D eigenvalue weighted by Gasteiger charge is -2.17. The van der Waals surface area contributed by atoms with E-state index in [-0.39, 0.29) is 0 Å². The summed E-state index contributed by atoms with van der Waals surface area (Å²) in [7, 11) is 0. The van der Waals surface area contributed by atoms with Crippen molar-refractivity contribution in [3.63, 3.8) is 0 Å². The highest BCUT2D eigenvalue weighted by molar-refractivity contribution is 6.17. The van der Waals surface area contributed by atoms with Crippen LogP contribution in [0.2, 0.25) is 0 Å². The zero-order valence-electron chi connectivity index (χ0n) is 29.5. The minimum absolute atomic E-state index is 0.591. The molecule has 0 N–H and O–H groups in total. The first-order valence-electron chi connectivity index (χ1n) is 18.3. The molecule has 0 aliphatic carbocycles. The zero-order valence-corrected chi connectivity index (χ0v) is 29.5. The van der Waals surface area contributed by atoms with Crippen LogP contribution in [0.1, 0.15) is 11.1 Å². The van der Waals surface area contributed by atoms with Crippen molar-refractivity contribution in [2.45, 2.75) is 0 Å². The van der Waals surface area contributed by atoms with Crippen LogP contribution in [0.5, 0.6) is 0 Å². The molecule has 0 bridgehead atoms. The Morgan fingerprint density at radius 3 is 1.47 bits per heavy atom. The lowest BCUT2D eigenvalue weighted by molar-refractivity contribution is 1.16. The fourth-order valence-corrected chi connectivity index (χ4v) is 8.94. The van der Waals surface area contributed by atoms with E-state index < -0.39 is 0 Å². The standard InChI is InChI=1S/C50H29N5/c51-30-33-14-10-25-44(48(33)32-13-9-16-35(29-32)53-42-23-7-3-19-38(42)49-34(31-52)15-11-26-45(49)53)55-43-24-8-4-20-39(43)50-46(27-12-28-47(50)55)54-40-21-5-1-17-36(40)37-18-2-6-22-41(37)54/h1-29H. The maximum Gasteiger partial charge on any atom is 0.0998 e. The molecule has 55 heavy (non-hydrogen) atoms. The molecule has 3 aromatic heterocycles. The van der Waals surface area contributed by atoms with Crippen molar-refractivity contribution >= 4 is 65.4 Å². The van der Waals surface area contributed by atoms with E-state index in [4.69, 9.17) is 0 Å². The molecule has 11 rings (SSSR count). The molecule has 0 fully saturated rings. The van der Waals surface area contributed by atoms with Crippen LogP contribution in [0, 0.1) is 22.7 Å². The maximum absolute atomic E-state index is 10.7. The van der Waals surface area contributed by atoms with Crippen molar-refractivity contribution in [2.75, 3.05) is 0 Å². The predicted molar refractivity (Wildman–Crippen MR) is 224 cm³/mol. The minimum atomic E-state index is 0.591. The van der Waals surface area contributed by atoms with Gasteiger partial charge in [-0.05, 0) is 78.4 Å². The average molecular weight is 700 g/mol. The maximum atomic E-state index is 10.7. The monoisotopic (exact) mass is 699 g/mol. The number of benzene rings is 8. The van der Waals surface area contributed by atoms with Crippen LogP contribution in [0.3, 0.4) is 0 Å². The van der Waals surface area contributed by atoms with Crippen molar-refractivity contribution < 1.29 is 0 Å². The van der Waals surface area contributed by atoms with Gasteiger partial charge in [-0.25, -0.2) is 0 Å². The lowest BCUT2D eigenvalue weighted by atomic mass is 9.97. The summed E-state index contributed by atoms with van der Waals surface area (Å²) in [6.45, 7) is 0. The summed E-state index contributed by atoms with van der Waals surface area (Å²) in [6.07, 6.45) is 0. The van der Waals surface area contributed by atoms with Crippen LogP contribution in [0.25, 0.3) is 93.6 Å². The number of fused-ring (bicyclic) bond motifs is 9. The average Bonchev–Trinajstić information content (AvgIpc) is 3.89. The Labute approximate surface area is 316 Å². The highest BCUT2D eigenvalue weighted by atomic mass is 15.0. The third kappa shape index (κ3) is 4.33. The molecule has 0 saturated carbocycles. The lowest BCUT2D eigenvalue weighted by Crippen LogP contribution is -2.01. The van der Waals surface area contributed by atoms with E-state index in [2.05, 4.69) is 165 Å². The Bertz CT molecular complexity index is 3420. The summed E-state index contributed by atoms with van der Waals surface area (Å²) in [5.74, 6) is 0. The number of hydrogen-bond acceptors (Lipinski definition) is 2. The van der Waals surface area contributed by atoms with Gasteiger partial charge in [-0.2, -0.15) is 10.5 Å². The number of nitrogens with zero attached hydrogens (tertiary/aromatic N) is 5. The second kappa shape index (κ2) is 11.8. The van der Waals surface area contributed by atoms with Gasteiger partial charge in [-0.15, -0.1) is 0 Å². The molecular formula is C50H29N5. The third-order valence-electron chi connectivity index (χ3n) is 11.1. The van der Waals surface area contributed by atoms with Crippen LogP contribution in [0.15, 0.2) is 176 Å². The van der Waals surface area contributed by atoms with Crippen molar-refractivity contribution in [3.8, 4) is 40.3 Å². The Kier molecular flexibility index (Phi) is 6.61. The Balaban J connectivity index is 1.20. The van der Waals surface area contributed by atoms with Crippen molar-refractivity contribution in [1.29, 1.82) is 10.5 Å². The van der Waals surface area contributed by atoms with Crippen molar-refractivity contribution in [3.05, 3.63) is 187 Å². The van der Waals surface area contributed by atoms with Gasteiger partial charge in [-0.3, -0.25) is 0 Å². The number of nitriles is 2. The van der Waals surface area contributed by atoms with Crippen LogP contribution in [0.4, 0.5) is 0 Å². The molecular weight excluding hydrogens is 671 g/mol. The topological polar surface area (TPSA) is 62.4 Å². The Hall–Kier alpha value is -7.86. The molecule has 0 spiro atoms. The smallest absolute Gasteiger partial charge is 0.0998 e. The summed E-state index contributed by atoms with van der Waals surface area (Å²) in [4.78, 5) is 0. The number of hydrogen-bond donors (Lipinski definition) is 0. The van der Waals surface area contributed by atoms with Crippen LogP contribution in [-0.2, 0) is 0 Å².